The van der Waals surface area contributed by atoms with Crippen LogP contribution in [0.3, 0.4) is 0 Å². The first-order chi connectivity index (χ1) is 15.2. The van der Waals surface area contributed by atoms with Crippen LogP contribution in [0, 0.1) is 0 Å². The average Bonchev–Trinajstić information content (AvgIpc) is 3.29. The van der Waals surface area contributed by atoms with E-state index < -0.39 is 0 Å². The molecule has 6 nitrogen and oxygen atoms in total. The topological polar surface area (TPSA) is 79.4 Å². The fraction of sp³-hybridized carbons (Fsp3) is 0.0417. The number of amides is 1. The van der Waals surface area contributed by atoms with Crippen molar-refractivity contribution in [2.24, 2.45) is 5.10 Å². The van der Waals surface area contributed by atoms with Gasteiger partial charge in [-0.2, -0.15) is 10.2 Å². The summed E-state index contributed by atoms with van der Waals surface area (Å²) >= 11 is 3.40. The fourth-order valence-corrected chi connectivity index (χ4v) is 3.28. The van der Waals surface area contributed by atoms with Gasteiger partial charge in [-0.15, -0.1) is 0 Å². The highest BCUT2D eigenvalue weighted by Crippen LogP contribution is 2.22. The van der Waals surface area contributed by atoms with Gasteiger partial charge in [0.05, 0.1) is 11.9 Å². The molecule has 154 valence electrons. The maximum atomic E-state index is 12.3. The number of hydrogen-bond acceptors (Lipinski definition) is 4. The highest BCUT2D eigenvalue weighted by Gasteiger charge is 2.10. The van der Waals surface area contributed by atoms with Crippen LogP contribution >= 0.6 is 15.9 Å². The van der Waals surface area contributed by atoms with Gasteiger partial charge in [-0.05, 0) is 53.6 Å². The summed E-state index contributed by atoms with van der Waals surface area (Å²) in [7, 11) is 0. The predicted molar refractivity (Wildman–Crippen MR) is 124 cm³/mol. The molecule has 1 amide bonds. The number of H-pyrrole nitrogens is 1. The van der Waals surface area contributed by atoms with Crippen LogP contribution in [0.15, 0.2) is 94.5 Å². The van der Waals surface area contributed by atoms with Crippen molar-refractivity contribution in [3.8, 4) is 17.0 Å². The summed E-state index contributed by atoms with van der Waals surface area (Å²) in [5, 5.41) is 11.0. The molecule has 0 spiro atoms. The maximum absolute atomic E-state index is 12.3. The van der Waals surface area contributed by atoms with Crippen molar-refractivity contribution in [2.45, 2.75) is 6.61 Å². The fourth-order valence-electron chi connectivity index (χ4n) is 2.86. The van der Waals surface area contributed by atoms with E-state index in [9.17, 15) is 4.79 Å². The molecule has 4 aromatic rings. The van der Waals surface area contributed by atoms with Gasteiger partial charge in [-0.1, -0.05) is 58.4 Å². The molecule has 0 aliphatic carbocycles. The minimum absolute atomic E-state index is 0.325. The van der Waals surface area contributed by atoms with E-state index in [4.69, 9.17) is 4.74 Å². The van der Waals surface area contributed by atoms with Gasteiger partial charge in [0.25, 0.3) is 5.91 Å². The molecule has 0 aliphatic heterocycles. The second kappa shape index (κ2) is 9.86. The van der Waals surface area contributed by atoms with Crippen LogP contribution in [0.25, 0.3) is 11.3 Å². The quantitative estimate of drug-likeness (QED) is 0.286. The van der Waals surface area contributed by atoms with Crippen LogP contribution in [-0.2, 0) is 6.61 Å². The van der Waals surface area contributed by atoms with Crippen molar-refractivity contribution < 1.29 is 9.53 Å². The van der Waals surface area contributed by atoms with Gasteiger partial charge < -0.3 is 4.74 Å². The number of halogens is 1. The van der Waals surface area contributed by atoms with Crippen LogP contribution in [0.2, 0.25) is 0 Å². The standard InChI is InChI=1S/C24H19BrN4O2/c25-20-8-4-7-18(13-20)15-26-29-24(30)23-14-22(27-28-23)19-9-11-21(12-10-19)31-16-17-5-2-1-3-6-17/h1-15H,16H2,(H,27,28)(H,29,30)/b26-15+. The predicted octanol–water partition coefficient (Wildman–Crippen LogP) is 5.18. The Kier molecular flexibility index (Phi) is 6.54. The summed E-state index contributed by atoms with van der Waals surface area (Å²) in [5.41, 5.74) is 6.34. The van der Waals surface area contributed by atoms with Gasteiger partial charge in [0.1, 0.15) is 18.1 Å². The van der Waals surface area contributed by atoms with Crippen LogP contribution in [0.1, 0.15) is 21.6 Å². The molecule has 7 heteroatoms. The minimum atomic E-state index is -0.368. The number of rotatable bonds is 7. The van der Waals surface area contributed by atoms with Gasteiger partial charge in [0, 0.05) is 10.0 Å². The number of aromatic nitrogens is 2. The Morgan fingerprint density at radius 3 is 2.61 bits per heavy atom. The Morgan fingerprint density at radius 2 is 1.84 bits per heavy atom. The zero-order valence-electron chi connectivity index (χ0n) is 16.5. The molecule has 3 aromatic carbocycles. The average molecular weight is 475 g/mol. The summed E-state index contributed by atoms with van der Waals surface area (Å²) in [5.74, 6) is 0.399. The molecule has 0 bridgehead atoms. The molecule has 1 heterocycles. The molecule has 0 atom stereocenters. The molecule has 0 fully saturated rings. The van der Waals surface area contributed by atoms with Crippen molar-refractivity contribution in [3.63, 3.8) is 0 Å². The second-order valence-electron chi connectivity index (χ2n) is 6.72. The van der Waals surface area contributed by atoms with Gasteiger partial charge in [0.15, 0.2) is 0 Å². The lowest BCUT2D eigenvalue weighted by molar-refractivity contribution is 0.0950. The summed E-state index contributed by atoms with van der Waals surface area (Å²) in [6, 6.07) is 26.9. The lowest BCUT2D eigenvalue weighted by Crippen LogP contribution is -2.17. The first kappa shape index (κ1) is 20.6. The number of benzene rings is 3. The molecule has 0 saturated carbocycles. The first-order valence-corrected chi connectivity index (χ1v) is 10.4. The maximum Gasteiger partial charge on any atom is 0.289 e. The Bertz CT molecular complexity index is 1190. The molecular formula is C24H19BrN4O2. The summed E-state index contributed by atoms with van der Waals surface area (Å²) in [4.78, 5) is 12.3. The van der Waals surface area contributed by atoms with Gasteiger partial charge in [0.2, 0.25) is 0 Å². The van der Waals surface area contributed by atoms with Crippen molar-refractivity contribution in [3.05, 3.63) is 106 Å². The Morgan fingerprint density at radius 1 is 1.03 bits per heavy atom. The Balaban J connectivity index is 1.35. The largest absolute Gasteiger partial charge is 0.489 e. The van der Waals surface area contributed by atoms with Crippen molar-refractivity contribution in [1.82, 2.24) is 15.6 Å². The summed E-state index contributed by atoms with van der Waals surface area (Å²) in [6.45, 7) is 0.507. The number of carbonyl (C=O) groups excluding carboxylic acids is 1. The SMILES string of the molecule is O=C(N/N=C/c1cccc(Br)c1)c1cc(-c2ccc(OCc3ccccc3)cc2)n[nH]1. The van der Waals surface area contributed by atoms with Crippen LogP contribution < -0.4 is 10.2 Å². The van der Waals surface area contributed by atoms with Gasteiger partial charge in [-0.25, -0.2) is 5.43 Å². The lowest BCUT2D eigenvalue weighted by atomic mass is 10.1. The number of hydrogen-bond donors (Lipinski definition) is 2. The van der Waals surface area contributed by atoms with E-state index in [1.807, 2.05) is 78.9 Å². The lowest BCUT2D eigenvalue weighted by Gasteiger charge is -2.06. The van der Waals surface area contributed by atoms with Crippen LogP contribution in [0.4, 0.5) is 0 Å². The molecule has 2 N–H and O–H groups in total. The van der Waals surface area contributed by atoms with E-state index in [1.54, 1.807) is 12.3 Å². The number of nitrogens with one attached hydrogen (secondary N) is 2. The number of hydrazone groups is 1. The number of aromatic amines is 1. The highest BCUT2D eigenvalue weighted by molar-refractivity contribution is 9.10. The zero-order chi connectivity index (χ0) is 21.5. The smallest absolute Gasteiger partial charge is 0.289 e. The van der Waals surface area contributed by atoms with E-state index >= 15 is 0 Å². The van der Waals surface area contributed by atoms with Gasteiger partial charge in [-0.3, -0.25) is 9.89 Å². The van der Waals surface area contributed by atoms with E-state index in [0.717, 1.165) is 26.9 Å². The molecule has 31 heavy (non-hydrogen) atoms. The molecule has 4 rings (SSSR count). The normalized spacial score (nSPS) is 10.9. The molecule has 0 unspecified atom stereocenters. The van der Waals surface area contributed by atoms with E-state index in [2.05, 4.69) is 36.7 Å². The third-order valence-electron chi connectivity index (χ3n) is 4.45. The molecule has 1 aromatic heterocycles. The van der Waals surface area contributed by atoms with E-state index in [1.165, 1.54) is 0 Å². The first-order valence-electron chi connectivity index (χ1n) is 9.59. The molecule has 0 radical (unpaired) electrons. The molecule has 0 aliphatic rings. The van der Waals surface area contributed by atoms with Crippen molar-refractivity contribution >= 4 is 28.1 Å². The third-order valence-corrected chi connectivity index (χ3v) is 4.94. The monoisotopic (exact) mass is 474 g/mol. The summed E-state index contributed by atoms with van der Waals surface area (Å²) < 4.78 is 6.75. The Hall–Kier alpha value is -3.71. The van der Waals surface area contributed by atoms with Crippen molar-refractivity contribution in [2.75, 3.05) is 0 Å². The Labute approximate surface area is 188 Å². The van der Waals surface area contributed by atoms with Crippen molar-refractivity contribution in [1.29, 1.82) is 0 Å². The highest BCUT2D eigenvalue weighted by atomic mass is 79.9. The number of carbonyl (C=O) groups is 1. The minimum Gasteiger partial charge on any atom is -0.489 e. The number of ether oxygens (including phenoxy) is 1. The van der Waals surface area contributed by atoms with Crippen LogP contribution in [-0.4, -0.2) is 22.3 Å². The molecule has 0 saturated heterocycles. The van der Waals surface area contributed by atoms with Gasteiger partial charge >= 0.3 is 0 Å². The van der Waals surface area contributed by atoms with E-state index in [0.29, 0.717) is 18.0 Å². The van der Waals surface area contributed by atoms with E-state index in [-0.39, 0.29) is 5.91 Å². The third kappa shape index (κ3) is 5.67. The molecular weight excluding hydrogens is 456 g/mol. The summed E-state index contributed by atoms with van der Waals surface area (Å²) in [6.07, 6.45) is 1.58. The number of nitrogens with zero attached hydrogens (tertiary/aromatic N) is 2. The van der Waals surface area contributed by atoms with Crippen LogP contribution in [0.5, 0.6) is 5.75 Å². The second-order valence-corrected chi connectivity index (χ2v) is 7.64. The zero-order valence-corrected chi connectivity index (χ0v) is 18.0.